The maximum atomic E-state index is 9.11. The molecule has 0 bridgehead atoms. The van der Waals surface area contributed by atoms with Crippen molar-refractivity contribution in [1.82, 2.24) is 9.97 Å². The topological polar surface area (TPSA) is 70.5 Å². The number of benzene rings is 1. The van der Waals surface area contributed by atoms with Gasteiger partial charge in [-0.3, -0.25) is 0 Å². The fraction of sp³-hybridized carbons (Fsp3) is 0.429. The summed E-state index contributed by atoms with van der Waals surface area (Å²) in [6.45, 7) is 3.77. The fourth-order valence-corrected chi connectivity index (χ4v) is 3.63. The molecule has 3 heterocycles. The van der Waals surface area contributed by atoms with Crippen LogP contribution in [0.5, 0.6) is 0 Å². The van der Waals surface area contributed by atoms with Crippen LogP contribution in [0.25, 0.3) is 5.57 Å². The number of nitrogens with one attached hydrogen (secondary N) is 1. The van der Waals surface area contributed by atoms with Crippen LogP contribution in [0.3, 0.4) is 0 Å². The third-order valence-electron chi connectivity index (χ3n) is 5.15. The lowest BCUT2D eigenvalue weighted by Crippen LogP contribution is -2.29. The molecular formula is C21H26N4O2. The van der Waals surface area contributed by atoms with E-state index in [1.54, 1.807) is 0 Å². The number of aliphatic hydroxyl groups excluding tert-OH is 1. The van der Waals surface area contributed by atoms with E-state index in [2.05, 4.69) is 62.7 Å². The van der Waals surface area contributed by atoms with Gasteiger partial charge in [0.1, 0.15) is 5.82 Å². The minimum Gasteiger partial charge on any atom is -0.395 e. The van der Waals surface area contributed by atoms with Crippen LogP contribution in [0.15, 0.2) is 42.5 Å². The molecule has 6 nitrogen and oxygen atoms in total. The minimum atomic E-state index is 0.0579. The Hall–Kier alpha value is -2.44. The maximum Gasteiger partial charge on any atom is 0.224 e. The molecule has 6 heteroatoms. The van der Waals surface area contributed by atoms with Gasteiger partial charge in [-0.2, -0.15) is 4.98 Å². The highest BCUT2D eigenvalue weighted by atomic mass is 16.5. The Balaban J connectivity index is 1.55. The summed E-state index contributed by atoms with van der Waals surface area (Å²) in [6, 6.07) is 12.7. The van der Waals surface area contributed by atoms with Crippen molar-refractivity contribution in [3.05, 3.63) is 53.7 Å². The van der Waals surface area contributed by atoms with E-state index in [9.17, 15) is 0 Å². The Morgan fingerprint density at radius 1 is 1.22 bits per heavy atom. The molecule has 0 aliphatic carbocycles. The lowest BCUT2D eigenvalue weighted by molar-refractivity contribution is 0.193. The molecule has 0 saturated carbocycles. The summed E-state index contributed by atoms with van der Waals surface area (Å²) >= 11 is 0. The number of ether oxygens (including phenoxy) is 1. The monoisotopic (exact) mass is 366 g/mol. The first-order valence-corrected chi connectivity index (χ1v) is 9.64. The quantitative estimate of drug-likeness (QED) is 0.819. The van der Waals surface area contributed by atoms with Gasteiger partial charge in [-0.25, -0.2) is 4.98 Å². The highest BCUT2D eigenvalue weighted by Gasteiger charge is 2.23. The molecule has 2 aliphatic heterocycles. The molecule has 1 unspecified atom stereocenters. The number of nitrogens with zero attached hydrogens (tertiary/aromatic N) is 3. The van der Waals surface area contributed by atoms with Crippen LogP contribution in [-0.2, 0) is 4.74 Å². The lowest BCUT2D eigenvalue weighted by atomic mass is 9.99. The predicted molar refractivity (Wildman–Crippen MR) is 107 cm³/mol. The van der Waals surface area contributed by atoms with Crippen molar-refractivity contribution in [1.29, 1.82) is 0 Å². The van der Waals surface area contributed by atoms with Crippen molar-refractivity contribution >= 4 is 17.3 Å². The Morgan fingerprint density at radius 2 is 2.11 bits per heavy atom. The van der Waals surface area contributed by atoms with E-state index < -0.39 is 0 Å². The predicted octanol–water partition coefficient (Wildman–Crippen LogP) is 2.68. The van der Waals surface area contributed by atoms with Crippen molar-refractivity contribution in [2.45, 2.75) is 18.8 Å². The van der Waals surface area contributed by atoms with Gasteiger partial charge in [-0.05, 0) is 24.0 Å². The van der Waals surface area contributed by atoms with E-state index in [0.717, 1.165) is 44.0 Å². The van der Waals surface area contributed by atoms with Crippen LogP contribution in [0.4, 0.5) is 11.8 Å². The molecule has 1 aromatic carbocycles. The molecule has 1 atom stereocenters. The SMILES string of the molecule is OCCNc1nc(C2CCOC2)cc(N2CC=C(c3ccccc3)CC2)n1. The number of anilines is 2. The molecule has 2 aromatic rings. The summed E-state index contributed by atoms with van der Waals surface area (Å²) in [6.07, 6.45) is 4.28. The maximum absolute atomic E-state index is 9.11. The van der Waals surface area contributed by atoms with Gasteiger partial charge in [0, 0.05) is 38.2 Å². The minimum absolute atomic E-state index is 0.0579. The summed E-state index contributed by atoms with van der Waals surface area (Å²) in [4.78, 5) is 11.6. The van der Waals surface area contributed by atoms with Gasteiger partial charge >= 0.3 is 0 Å². The van der Waals surface area contributed by atoms with Gasteiger partial charge in [0.15, 0.2) is 0 Å². The van der Waals surface area contributed by atoms with Crippen molar-refractivity contribution in [3.63, 3.8) is 0 Å². The van der Waals surface area contributed by atoms with Crippen molar-refractivity contribution in [2.24, 2.45) is 0 Å². The second kappa shape index (κ2) is 8.50. The third kappa shape index (κ3) is 4.28. The summed E-state index contributed by atoms with van der Waals surface area (Å²) in [5.74, 6) is 1.85. The molecule has 0 amide bonds. The molecule has 4 rings (SSSR count). The molecule has 142 valence electrons. The Labute approximate surface area is 159 Å². The van der Waals surface area contributed by atoms with Crippen molar-refractivity contribution in [3.8, 4) is 0 Å². The summed E-state index contributed by atoms with van der Waals surface area (Å²) < 4.78 is 5.54. The van der Waals surface area contributed by atoms with Crippen molar-refractivity contribution < 1.29 is 9.84 Å². The Kier molecular flexibility index (Phi) is 5.65. The first-order valence-electron chi connectivity index (χ1n) is 9.64. The molecule has 2 N–H and O–H groups in total. The Bertz CT molecular complexity index is 788. The number of rotatable bonds is 6. The largest absolute Gasteiger partial charge is 0.395 e. The number of hydrogen-bond donors (Lipinski definition) is 2. The number of hydrogen-bond acceptors (Lipinski definition) is 6. The second-order valence-electron chi connectivity index (χ2n) is 6.98. The van der Waals surface area contributed by atoms with E-state index >= 15 is 0 Å². The molecule has 0 radical (unpaired) electrons. The second-order valence-corrected chi connectivity index (χ2v) is 6.98. The van der Waals surface area contributed by atoms with Gasteiger partial charge in [-0.15, -0.1) is 0 Å². The summed E-state index contributed by atoms with van der Waals surface area (Å²) in [7, 11) is 0. The first-order chi connectivity index (χ1) is 13.3. The van der Waals surface area contributed by atoms with E-state index in [-0.39, 0.29) is 6.61 Å². The first kappa shape index (κ1) is 17.9. The molecule has 1 aromatic heterocycles. The van der Waals surface area contributed by atoms with E-state index in [4.69, 9.17) is 9.84 Å². The average Bonchev–Trinajstić information content (AvgIpc) is 3.28. The molecule has 0 spiro atoms. The number of aromatic nitrogens is 2. The number of aliphatic hydroxyl groups is 1. The van der Waals surface area contributed by atoms with Gasteiger partial charge in [0.25, 0.3) is 0 Å². The Morgan fingerprint density at radius 3 is 2.81 bits per heavy atom. The standard InChI is InChI=1S/C21H26N4O2/c26-12-9-22-21-23-19(18-8-13-27-15-18)14-20(24-21)25-10-6-17(7-11-25)16-4-2-1-3-5-16/h1-6,14,18,26H,7-13,15H2,(H,22,23,24). The van der Waals surface area contributed by atoms with Crippen LogP contribution in [0.2, 0.25) is 0 Å². The zero-order chi connectivity index (χ0) is 18.5. The van der Waals surface area contributed by atoms with Crippen LogP contribution in [-0.4, -0.2) is 54.5 Å². The van der Waals surface area contributed by atoms with Crippen LogP contribution in [0, 0.1) is 0 Å². The van der Waals surface area contributed by atoms with E-state index in [1.807, 2.05) is 0 Å². The summed E-state index contributed by atoms with van der Waals surface area (Å²) in [5, 5.41) is 12.2. The zero-order valence-corrected chi connectivity index (χ0v) is 15.5. The van der Waals surface area contributed by atoms with Gasteiger partial charge in [0.05, 0.1) is 18.9 Å². The molecule has 1 fully saturated rings. The molecule has 2 aliphatic rings. The lowest BCUT2D eigenvalue weighted by Gasteiger charge is -2.28. The fourth-order valence-electron chi connectivity index (χ4n) is 3.63. The van der Waals surface area contributed by atoms with Crippen molar-refractivity contribution in [2.75, 3.05) is 49.7 Å². The molecule has 27 heavy (non-hydrogen) atoms. The summed E-state index contributed by atoms with van der Waals surface area (Å²) in [5.41, 5.74) is 3.72. The zero-order valence-electron chi connectivity index (χ0n) is 15.5. The van der Waals surface area contributed by atoms with Crippen LogP contribution in [0.1, 0.15) is 30.0 Å². The normalized spacial score (nSPS) is 19.8. The smallest absolute Gasteiger partial charge is 0.224 e. The highest BCUT2D eigenvalue weighted by Crippen LogP contribution is 2.29. The highest BCUT2D eigenvalue weighted by molar-refractivity contribution is 5.68. The van der Waals surface area contributed by atoms with Gasteiger partial charge in [0.2, 0.25) is 5.95 Å². The third-order valence-corrected chi connectivity index (χ3v) is 5.15. The van der Waals surface area contributed by atoms with Gasteiger partial charge in [-0.1, -0.05) is 36.4 Å². The van der Waals surface area contributed by atoms with E-state index in [0.29, 0.717) is 25.0 Å². The van der Waals surface area contributed by atoms with Crippen LogP contribution >= 0.6 is 0 Å². The van der Waals surface area contributed by atoms with E-state index in [1.165, 1.54) is 11.1 Å². The van der Waals surface area contributed by atoms with Crippen LogP contribution < -0.4 is 10.2 Å². The van der Waals surface area contributed by atoms with Gasteiger partial charge < -0.3 is 20.1 Å². The molecular weight excluding hydrogens is 340 g/mol. The molecule has 1 saturated heterocycles. The average molecular weight is 366 g/mol.